The third-order valence-electron chi connectivity index (χ3n) is 4.08. The average Bonchev–Trinajstić information content (AvgIpc) is 2.24. The second kappa shape index (κ2) is 6.39. The molecule has 1 nitrogen and oxygen atoms in total. The molecule has 0 heterocycles. The Labute approximate surface area is 107 Å². The Morgan fingerprint density at radius 2 is 2.12 bits per heavy atom. The third-order valence-corrected chi connectivity index (χ3v) is 4.08. The molecule has 0 aliphatic heterocycles. The molecule has 1 heteroatoms. The summed E-state index contributed by atoms with van der Waals surface area (Å²) in [5, 5.41) is 8.80. The number of hydrogen-bond acceptors (Lipinski definition) is 1. The Morgan fingerprint density at radius 3 is 2.71 bits per heavy atom. The topological polar surface area (TPSA) is 20.2 Å². The lowest BCUT2D eigenvalue weighted by Gasteiger charge is -2.34. The highest BCUT2D eigenvalue weighted by Gasteiger charge is 2.27. The molecule has 1 aliphatic carbocycles. The van der Waals surface area contributed by atoms with Gasteiger partial charge in [0.15, 0.2) is 0 Å². The molecule has 0 saturated carbocycles. The van der Waals surface area contributed by atoms with E-state index in [0.29, 0.717) is 5.41 Å². The summed E-state index contributed by atoms with van der Waals surface area (Å²) in [4.78, 5) is 0. The maximum Gasteiger partial charge on any atom is 0.0465 e. The van der Waals surface area contributed by atoms with Crippen LogP contribution < -0.4 is 0 Å². The molecule has 0 aromatic heterocycles. The molecule has 98 valence electrons. The first-order valence-corrected chi connectivity index (χ1v) is 6.93. The second-order valence-corrected chi connectivity index (χ2v) is 6.06. The van der Waals surface area contributed by atoms with E-state index in [9.17, 15) is 0 Å². The summed E-state index contributed by atoms with van der Waals surface area (Å²) in [5.41, 5.74) is 5.12. The molecule has 0 fully saturated rings. The van der Waals surface area contributed by atoms with Crippen LogP contribution in [-0.2, 0) is 0 Å². The maximum absolute atomic E-state index is 8.80. The van der Waals surface area contributed by atoms with E-state index in [4.69, 9.17) is 5.11 Å². The van der Waals surface area contributed by atoms with Gasteiger partial charge >= 0.3 is 0 Å². The van der Waals surface area contributed by atoms with Gasteiger partial charge in [0.2, 0.25) is 0 Å². The molecule has 1 N–H and O–H groups in total. The van der Waals surface area contributed by atoms with Crippen molar-refractivity contribution in [1.82, 2.24) is 0 Å². The van der Waals surface area contributed by atoms with Crippen LogP contribution in [-0.4, -0.2) is 11.7 Å². The standard InChI is InChI=1S/C16H28O/c1-13(7-6-12-17)9-10-15-14(2)8-5-11-16(15,3)4/h7,17H,5-6,8-12H2,1-4H3. The molecule has 0 saturated heterocycles. The highest BCUT2D eigenvalue weighted by Crippen LogP contribution is 2.42. The zero-order valence-electron chi connectivity index (χ0n) is 12.0. The van der Waals surface area contributed by atoms with Gasteiger partial charge in [-0.15, -0.1) is 0 Å². The van der Waals surface area contributed by atoms with Crippen LogP contribution in [0.4, 0.5) is 0 Å². The van der Waals surface area contributed by atoms with Gasteiger partial charge in [-0.1, -0.05) is 36.6 Å². The number of rotatable bonds is 5. The molecular weight excluding hydrogens is 208 g/mol. The molecular formula is C16H28O. The van der Waals surface area contributed by atoms with Gasteiger partial charge in [0.25, 0.3) is 0 Å². The van der Waals surface area contributed by atoms with E-state index in [1.54, 1.807) is 11.1 Å². The van der Waals surface area contributed by atoms with Crippen LogP contribution in [0.3, 0.4) is 0 Å². The zero-order chi connectivity index (χ0) is 12.9. The summed E-state index contributed by atoms with van der Waals surface area (Å²) in [5.74, 6) is 0. The summed E-state index contributed by atoms with van der Waals surface area (Å²) in [6.45, 7) is 9.53. The summed E-state index contributed by atoms with van der Waals surface area (Å²) >= 11 is 0. The first-order valence-electron chi connectivity index (χ1n) is 6.93. The van der Waals surface area contributed by atoms with Crippen LogP contribution in [0.5, 0.6) is 0 Å². The predicted molar refractivity (Wildman–Crippen MR) is 75.0 cm³/mol. The summed E-state index contributed by atoms with van der Waals surface area (Å²) in [7, 11) is 0. The minimum absolute atomic E-state index is 0.268. The van der Waals surface area contributed by atoms with Crippen molar-refractivity contribution in [2.24, 2.45) is 5.41 Å². The second-order valence-electron chi connectivity index (χ2n) is 6.06. The highest BCUT2D eigenvalue weighted by atomic mass is 16.2. The van der Waals surface area contributed by atoms with Crippen molar-refractivity contribution in [1.29, 1.82) is 0 Å². The van der Waals surface area contributed by atoms with Crippen LogP contribution in [0, 0.1) is 5.41 Å². The van der Waals surface area contributed by atoms with Gasteiger partial charge in [-0.3, -0.25) is 0 Å². The lowest BCUT2D eigenvalue weighted by Crippen LogP contribution is -2.20. The number of aliphatic hydroxyl groups excluding tert-OH is 1. The highest BCUT2D eigenvalue weighted by molar-refractivity contribution is 5.23. The molecule has 1 aliphatic rings. The zero-order valence-corrected chi connectivity index (χ0v) is 12.0. The lowest BCUT2D eigenvalue weighted by molar-refractivity contribution is 0.302. The van der Waals surface area contributed by atoms with Crippen molar-refractivity contribution in [3.63, 3.8) is 0 Å². The molecule has 17 heavy (non-hydrogen) atoms. The smallest absolute Gasteiger partial charge is 0.0465 e. The molecule has 0 unspecified atom stereocenters. The molecule has 0 spiro atoms. The number of allylic oxidation sites excluding steroid dienone is 3. The summed E-state index contributed by atoms with van der Waals surface area (Å²) in [6, 6.07) is 0. The van der Waals surface area contributed by atoms with Crippen molar-refractivity contribution in [3.05, 3.63) is 22.8 Å². The molecule has 0 amide bonds. The Hall–Kier alpha value is -0.560. The number of hydrogen-bond donors (Lipinski definition) is 1. The Balaban J connectivity index is 2.61. The molecule has 0 radical (unpaired) electrons. The first-order chi connectivity index (χ1) is 7.97. The van der Waals surface area contributed by atoms with Crippen LogP contribution in [0.1, 0.15) is 66.2 Å². The third kappa shape index (κ3) is 4.31. The Kier molecular flexibility index (Phi) is 5.45. The van der Waals surface area contributed by atoms with Gasteiger partial charge in [0, 0.05) is 6.61 Å². The van der Waals surface area contributed by atoms with Crippen molar-refractivity contribution < 1.29 is 5.11 Å². The van der Waals surface area contributed by atoms with E-state index in [-0.39, 0.29) is 6.61 Å². The van der Waals surface area contributed by atoms with E-state index < -0.39 is 0 Å². The summed E-state index contributed by atoms with van der Waals surface area (Å²) in [6.07, 6.45) is 9.29. The molecule has 0 atom stereocenters. The SMILES string of the molecule is CC(=CCCO)CCC1=C(C)CCCC1(C)C. The van der Waals surface area contributed by atoms with Crippen molar-refractivity contribution >= 4 is 0 Å². The van der Waals surface area contributed by atoms with E-state index >= 15 is 0 Å². The molecule has 0 aromatic carbocycles. The van der Waals surface area contributed by atoms with Crippen LogP contribution >= 0.6 is 0 Å². The Morgan fingerprint density at radius 1 is 1.41 bits per heavy atom. The predicted octanol–water partition coefficient (Wildman–Crippen LogP) is 4.62. The molecule has 1 rings (SSSR count). The maximum atomic E-state index is 8.80. The van der Waals surface area contributed by atoms with Gasteiger partial charge in [-0.25, -0.2) is 0 Å². The van der Waals surface area contributed by atoms with E-state index in [0.717, 1.165) is 12.8 Å². The number of aliphatic hydroxyl groups is 1. The van der Waals surface area contributed by atoms with E-state index in [2.05, 4.69) is 33.8 Å². The van der Waals surface area contributed by atoms with Crippen LogP contribution in [0.2, 0.25) is 0 Å². The van der Waals surface area contributed by atoms with Crippen molar-refractivity contribution in [2.45, 2.75) is 66.2 Å². The van der Waals surface area contributed by atoms with Gasteiger partial charge in [-0.05, 0) is 57.8 Å². The van der Waals surface area contributed by atoms with Crippen molar-refractivity contribution in [3.8, 4) is 0 Å². The largest absolute Gasteiger partial charge is 0.396 e. The van der Waals surface area contributed by atoms with Gasteiger partial charge in [0.1, 0.15) is 0 Å². The summed E-state index contributed by atoms with van der Waals surface area (Å²) < 4.78 is 0. The minimum atomic E-state index is 0.268. The van der Waals surface area contributed by atoms with Crippen LogP contribution in [0.15, 0.2) is 22.8 Å². The minimum Gasteiger partial charge on any atom is -0.396 e. The quantitative estimate of drug-likeness (QED) is 0.690. The van der Waals surface area contributed by atoms with Gasteiger partial charge in [-0.2, -0.15) is 0 Å². The normalized spacial score (nSPS) is 20.9. The van der Waals surface area contributed by atoms with Gasteiger partial charge in [0.05, 0.1) is 0 Å². The van der Waals surface area contributed by atoms with Crippen molar-refractivity contribution in [2.75, 3.05) is 6.61 Å². The Bertz CT molecular complexity index is 307. The average molecular weight is 236 g/mol. The fourth-order valence-electron chi connectivity index (χ4n) is 2.96. The van der Waals surface area contributed by atoms with E-state index in [1.165, 1.54) is 31.3 Å². The van der Waals surface area contributed by atoms with Crippen LogP contribution in [0.25, 0.3) is 0 Å². The van der Waals surface area contributed by atoms with E-state index in [1.807, 2.05) is 0 Å². The first kappa shape index (κ1) is 14.5. The monoisotopic (exact) mass is 236 g/mol. The van der Waals surface area contributed by atoms with Gasteiger partial charge < -0.3 is 5.11 Å². The lowest BCUT2D eigenvalue weighted by atomic mass is 9.71. The molecule has 0 bridgehead atoms. The molecule has 0 aromatic rings. The fraction of sp³-hybridized carbons (Fsp3) is 0.750. The fourth-order valence-corrected chi connectivity index (χ4v) is 2.96.